The highest BCUT2D eigenvalue weighted by Gasteiger charge is 2.25. The van der Waals surface area contributed by atoms with Gasteiger partial charge >= 0.3 is 0 Å². The summed E-state index contributed by atoms with van der Waals surface area (Å²) >= 11 is 0. The lowest BCUT2D eigenvalue weighted by atomic mass is 10.0. The first-order chi connectivity index (χ1) is 16.4. The zero-order chi connectivity index (χ0) is 24.9. The van der Waals surface area contributed by atoms with Crippen LogP contribution in [0.15, 0.2) is 18.2 Å². The average molecular weight is 475 g/mol. The molecule has 0 bridgehead atoms. The lowest BCUT2D eigenvalue weighted by molar-refractivity contribution is -0.122. The van der Waals surface area contributed by atoms with Gasteiger partial charge in [0.25, 0.3) is 5.91 Å². The summed E-state index contributed by atoms with van der Waals surface area (Å²) in [5.41, 5.74) is 0.782. The van der Waals surface area contributed by atoms with E-state index in [1.54, 1.807) is 12.1 Å². The molecule has 1 aromatic rings. The van der Waals surface area contributed by atoms with Crippen molar-refractivity contribution in [1.29, 1.82) is 0 Å². The van der Waals surface area contributed by atoms with E-state index in [1.165, 1.54) is 18.0 Å². The molecule has 2 amide bonds. The van der Waals surface area contributed by atoms with Gasteiger partial charge in [0.1, 0.15) is 12.6 Å². The van der Waals surface area contributed by atoms with Crippen molar-refractivity contribution in [1.82, 2.24) is 15.1 Å². The molecule has 2 N–H and O–H groups in total. The first-order valence-electron chi connectivity index (χ1n) is 11.4. The lowest BCUT2D eigenvalue weighted by Gasteiger charge is -2.36. The highest BCUT2D eigenvalue weighted by Crippen LogP contribution is 2.22. The molecule has 1 aliphatic heterocycles. The number of nitrogens with one attached hydrogen (secondary N) is 2. The predicted octanol–water partition coefficient (Wildman–Crippen LogP) is 0.614. The molecule has 0 aromatic heterocycles. The second-order valence-corrected chi connectivity index (χ2v) is 8.43. The number of aldehydes is 3. The summed E-state index contributed by atoms with van der Waals surface area (Å²) in [5, 5.41) is 6.00. The van der Waals surface area contributed by atoms with Crippen LogP contribution in [0.5, 0.6) is 0 Å². The maximum atomic E-state index is 13.1. The van der Waals surface area contributed by atoms with Gasteiger partial charge in [-0.25, -0.2) is 0 Å². The number of benzene rings is 1. The molecule has 34 heavy (non-hydrogen) atoms. The van der Waals surface area contributed by atoms with Gasteiger partial charge in [0.15, 0.2) is 6.29 Å². The van der Waals surface area contributed by atoms with Crippen molar-refractivity contribution >= 4 is 36.4 Å². The van der Waals surface area contributed by atoms with Gasteiger partial charge in [-0.05, 0) is 19.5 Å². The predicted molar refractivity (Wildman–Crippen MR) is 127 cm³/mol. The largest absolute Gasteiger partial charge is 0.382 e. The Bertz CT molecular complexity index is 856. The number of ether oxygens (including phenoxy) is 1. The van der Waals surface area contributed by atoms with Gasteiger partial charge in [-0.2, -0.15) is 0 Å². The minimum Gasteiger partial charge on any atom is -0.382 e. The summed E-state index contributed by atoms with van der Waals surface area (Å²) in [5.74, 6) is -0.0242. The molecule has 1 fully saturated rings. The normalized spacial score (nSPS) is 14.5. The standard InChI is InChI=1S/C24H34N4O6/c1-27-14-18(15-27)13-26-22(32)8-11-34-12-9-25-21-7-3-5-19(16-30)23(21)24(33)28(2)20(17-31)6-4-10-29/h3,5,7,10,16-18,20,25H,4,6,8-9,11-15H2,1-2H3,(H,26,32). The molecule has 1 aromatic carbocycles. The SMILES string of the molecule is CN1CC(CNC(=O)CCOCCNc2cccc(C=O)c2C(=O)N(C)C(C=O)CCC=O)C1. The molecule has 1 saturated heterocycles. The van der Waals surface area contributed by atoms with Crippen molar-refractivity contribution in [2.45, 2.75) is 25.3 Å². The number of anilines is 1. The van der Waals surface area contributed by atoms with Crippen molar-refractivity contribution in [3.8, 4) is 0 Å². The van der Waals surface area contributed by atoms with Crippen molar-refractivity contribution in [3.63, 3.8) is 0 Å². The van der Waals surface area contributed by atoms with Gasteiger partial charge in [0.2, 0.25) is 5.91 Å². The lowest BCUT2D eigenvalue weighted by Crippen LogP contribution is -2.49. The van der Waals surface area contributed by atoms with Crippen LogP contribution in [0.4, 0.5) is 5.69 Å². The molecule has 10 nitrogen and oxygen atoms in total. The van der Waals surface area contributed by atoms with Crippen molar-refractivity contribution in [2.75, 3.05) is 58.8 Å². The summed E-state index contributed by atoms with van der Waals surface area (Å²) in [4.78, 5) is 62.0. The minimum atomic E-state index is -0.773. The molecular formula is C24H34N4O6. The molecule has 2 rings (SSSR count). The van der Waals surface area contributed by atoms with E-state index < -0.39 is 11.9 Å². The fourth-order valence-corrected chi connectivity index (χ4v) is 3.80. The van der Waals surface area contributed by atoms with E-state index in [0.717, 1.165) is 13.1 Å². The molecule has 1 heterocycles. The second-order valence-electron chi connectivity index (χ2n) is 8.43. The maximum absolute atomic E-state index is 13.1. The maximum Gasteiger partial charge on any atom is 0.257 e. The Labute approximate surface area is 200 Å². The van der Waals surface area contributed by atoms with E-state index in [-0.39, 0.29) is 42.9 Å². The van der Waals surface area contributed by atoms with Crippen molar-refractivity contribution < 1.29 is 28.7 Å². The Balaban J connectivity index is 1.83. The van der Waals surface area contributed by atoms with E-state index in [0.29, 0.717) is 50.2 Å². The van der Waals surface area contributed by atoms with Gasteiger partial charge in [-0.15, -0.1) is 0 Å². The molecule has 0 saturated carbocycles. The van der Waals surface area contributed by atoms with Crippen molar-refractivity contribution in [2.24, 2.45) is 5.92 Å². The molecular weight excluding hydrogens is 440 g/mol. The van der Waals surface area contributed by atoms with Gasteiger partial charge in [-0.1, -0.05) is 12.1 Å². The van der Waals surface area contributed by atoms with Crippen LogP contribution in [0, 0.1) is 5.92 Å². The molecule has 10 heteroatoms. The zero-order valence-corrected chi connectivity index (χ0v) is 19.8. The number of carbonyl (C=O) groups excluding carboxylic acids is 5. The van der Waals surface area contributed by atoms with Gasteiger partial charge in [0, 0.05) is 63.2 Å². The van der Waals surface area contributed by atoms with Gasteiger partial charge in [-0.3, -0.25) is 14.4 Å². The molecule has 0 spiro atoms. The third-order valence-corrected chi connectivity index (χ3v) is 5.76. The number of hydrogen-bond acceptors (Lipinski definition) is 8. The Morgan fingerprint density at radius 1 is 1.24 bits per heavy atom. The second kappa shape index (κ2) is 14.2. The van der Waals surface area contributed by atoms with E-state index in [9.17, 15) is 24.0 Å². The van der Waals surface area contributed by atoms with Gasteiger partial charge < -0.3 is 34.8 Å². The molecule has 1 aliphatic rings. The summed E-state index contributed by atoms with van der Waals surface area (Å²) < 4.78 is 5.52. The smallest absolute Gasteiger partial charge is 0.257 e. The summed E-state index contributed by atoms with van der Waals surface area (Å²) in [6.45, 7) is 3.61. The number of likely N-dealkylation sites (N-methyl/N-ethyl adjacent to an activating group) is 1. The number of hydrogen-bond donors (Lipinski definition) is 2. The number of amides is 2. The Morgan fingerprint density at radius 2 is 2.00 bits per heavy atom. The van der Waals surface area contributed by atoms with Crippen LogP contribution < -0.4 is 10.6 Å². The molecule has 1 unspecified atom stereocenters. The first-order valence-corrected chi connectivity index (χ1v) is 11.4. The average Bonchev–Trinajstić information content (AvgIpc) is 2.82. The van der Waals surface area contributed by atoms with Crippen LogP contribution in [-0.4, -0.2) is 100 Å². The van der Waals surface area contributed by atoms with Crippen LogP contribution >= 0.6 is 0 Å². The molecule has 186 valence electrons. The van der Waals surface area contributed by atoms with Crippen molar-refractivity contribution in [3.05, 3.63) is 29.3 Å². The quantitative estimate of drug-likeness (QED) is 0.264. The molecule has 0 aliphatic carbocycles. The number of likely N-dealkylation sites (tertiary alicyclic amines) is 1. The Kier molecular flexibility index (Phi) is 11.3. The van der Waals surface area contributed by atoms with E-state index in [1.807, 2.05) is 7.05 Å². The highest BCUT2D eigenvalue weighted by atomic mass is 16.5. The van der Waals surface area contributed by atoms with Crippen LogP contribution in [0.3, 0.4) is 0 Å². The Morgan fingerprint density at radius 3 is 2.65 bits per heavy atom. The number of carbonyl (C=O) groups is 5. The van der Waals surface area contributed by atoms with E-state index in [2.05, 4.69) is 15.5 Å². The zero-order valence-electron chi connectivity index (χ0n) is 19.8. The monoisotopic (exact) mass is 474 g/mol. The summed E-state index contributed by atoms with van der Waals surface area (Å²) in [7, 11) is 3.51. The van der Waals surface area contributed by atoms with Crippen LogP contribution in [0.1, 0.15) is 40.0 Å². The fourth-order valence-electron chi connectivity index (χ4n) is 3.80. The van der Waals surface area contributed by atoms with Crippen LogP contribution in [0.25, 0.3) is 0 Å². The third kappa shape index (κ3) is 8.03. The fraction of sp³-hybridized carbons (Fsp3) is 0.542. The number of nitrogens with zero attached hydrogens (tertiary/aromatic N) is 2. The highest BCUT2D eigenvalue weighted by molar-refractivity contribution is 6.06. The van der Waals surface area contributed by atoms with E-state index >= 15 is 0 Å². The molecule has 1 atom stereocenters. The van der Waals surface area contributed by atoms with Gasteiger partial charge in [0.05, 0.1) is 24.8 Å². The van der Waals surface area contributed by atoms with E-state index in [4.69, 9.17) is 4.74 Å². The number of rotatable bonds is 16. The molecule has 0 radical (unpaired) electrons. The van der Waals surface area contributed by atoms with Crippen LogP contribution in [0.2, 0.25) is 0 Å². The topological polar surface area (TPSA) is 125 Å². The summed E-state index contributed by atoms with van der Waals surface area (Å²) in [6.07, 6.45) is 2.52. The Hall–Kier alpha value is -3.11. The van der Waals surface area contributed by atoms with Crippen LogP contribution in [-0.2, 0) is 19.1 Å². The third-order valence-electron chi connectivity index (χ3n) is 5.76. The minimum absolute atomic E-state index is 0.0450. The first kappa shape index (κ1) is 27.1. The summed E-state index contributed by atoms with van der Waals surface area (Å²) in [6, 6.07) is 4.07.